The lowest BCUT2D eigenvalue weighted by Crippen LogP contribution is -2.50. The van der Waals surface area contributed by atoms with Gasteiger partial charge in [-0.25, -0.2) is 8.42 Å². The zero-order chi connectivity index (χ0) is 15.6. The molecule has 2 aliphatic heterocycles. The van der Waals surface area contributed by atoms with Crippen molar-refractivity contribution in [3.63, 3.8) is 0 Å². The highest BCUT2D eigenvalue weighted by molar-refractivity contribution is 7.91. The van der Waals surface area contributed by atoms with E-state index in [9.17, 15) is 8.42 Å². The number of rotatable bonds is 3. The van der Waals surface area contributed by atoms with E-state index in [1.54, 1.807) is 12.4 Å². The number of likely N-dealkylation sites (tertiary alicyclic amines) is 1. The van der Waals surface area contributed by atoms with Crippen molar-refractivity contribution in [2.45, 2.75) is 25.4 Å². The summed E-state index contributed by atoms with van der Waals surface area (Å²) < 4.78 is 23.0. The maximum Gasteiger partial charge on any atom is 0.152 e. The summed E-state index contributed by atoms with van der Waals surface area (Å²) >= 11 is 6.17. The van der Waals surface area contributed by atoms with Crippen LogP contribution in [0.15, 0.2) is 18.5 Å². The largest absolute Gasteiger partial charge is 0.299 e. The van der Waals surface area contributed by atoms with Crippen LogP contribution in [0.4, 0.5) is 0 Å². The Labute approximate surface area is 137 Å². The summed E-state index contributed by atoms with van der Waals surface area (Å²) in [5.74, 6) is 0.639. The summed E-state index contributed by atoms with van der Waals surface area (Å²) in [4.78, 5) is 8.79. The number of aromatic nitrogens is 1. The third-order valence-corrected chi connectivity index (χ3v) is 6.65. The summed E-state index contributed by atoms with van der Waals surface area (Å²) in [6.07, 6.45) is 5.67. The number of piperidine rings is 1. The van der Waals surface area contributed by atoms with Crippen LogP contribution in [0.25, 0.3) is 0 Å². The molecular weight excluding hydrogens is 322 g/mol. The van der Waals surface area contributed by atoms with Crippen LogP contribution in [0, 0.1) is 0 Å². The maximum atomic E-state index is 11.5. The van der Waals surface area contributed by atoms with Crippen LogP contribution in [-0.2, 0) is 16.4 Å². The minimum atomic E-state index is -2.78. The van der Waals surface area contributed by atoms with Gasteiger partial charge in [0.25, 0.3) is 0 Å². The van der Waals surface area contributed by atoms with Crippen molar-refractivity contribution >= 4 is 21.4 Å². The Kier molecular flexibility index (Phi) is 5.02. The highest BCUT2D eigenvalue weighted by Gasteiger charge is 2.29. The Morgan fingerprint density at radius 1 is 1.18 bits per heavy atom. The molecule has 0 bridgehead atoms. The quantitative estimate of drug-likeness (QED) is 0.831. The molecule has 1 aromatic heterocycles. The van der Waals surface area contributed by atoms with Gasteiger partial charge >= 0.3 is 0 Å². The average molecular weight is 344 g/mol. The number of sulfone groups is 1. The van der Waals surface area contributed by atoms with Gasteiger partial charge in [-0.15, -0.1) is 0 Å². The molecule has 2 saturated heterocycles. The third-order valence-electron chi connectivity index (χ3n) is 4.70. The van der Waals surface area contributed by atoms with Crippen molar-refractivity contribution in [3.8, 4) is 0 Å². The molecule has 2 fully saturated rings. The first-order valence-electron chi connectivity index (χ1n) is 7.79. The summed E-state index contributed by atoms with van der Waals surface area (Å²) in [5.41, 5.74) is 1.12. The second-order valence-corrected chi connectivity index (χ2v) is 8.87. The molecule has 0 aliphatic carbocycles. The highest BCUT2D eigenvalue weighted by atomic mass is 35.5. The van der Waals surface area contributed by atoms with Gasteiger partial charge in [-0.3, -0.25) is 14.8 Å². The third kappa shape index (κ3) is 3.98. The molecule has 0 N–H and O–H groups in total. The summed E-state index contributed by atoms with van der Waals surface area (Å²) in [7, 11) is -2.78. The van der Waals surface area contributed by atoms with E-state index in [2.05, 4.69) is 14.8 Å². The molecule has 0 aromatic carbocycles. The zero-order valence-electron chi connectivity index (χ0n) is 12.6. The Bertz CT molecular complexity index is 601. The molecule has 0 unspecified atom stereocenters. The Morgan fingerprint density at radius 2 is 1.86 bits per heavy atom. The normalized spacial score (nSPS) is 24.4. The van der Waals surface area contributed by atoms with Crippen LogP contribution >= 0.6 is 11.6 Å². The Balaban J connectivity index is 1.50. The average Bonchev–Trinajstić information content (AvgIpc) is 2.51. The van der Waals surface area contributed by atoms with Crippen molar-refractivity contribution in [1.29, 1.82) is 0 Å². The second kappa shape index (κ2) is 6.83. The molecule has 0 atom stereocenters. The van der Waals surface area contributed by atoms with Crippen molar-refractivity contribution in [2.24, 2.45) is 0 Å². The fourth-order valence-corrected chi connectivity index (χ4v) is 4.72. The predicted molar refractivity (Wildman–Crippen MR) is 87.8 cm³/mol. The van der Waals surface area contributed by atoms with Gasteiger partial charge in [-0.05, 0) is 37.6 Å². The van der Waals surface area contributed by atoms with E-state index in [1.807, 2.05) is 6.07 Å². The molecule has 0 saturated carbocycles. The molecule has 2 aliphatic rings. The lowest BCUT2D eigenvalue weighted by atomic mass is 10.0. The van der Waals surface area contributed by atoms with Crippen molar-refractivity contribution in [2.75, 3.05) is 37.7 Å². The van der Waals surface area contributed by atoms with Gasteiger partial charge in [0.2, 0.25) is 0 Å². The van der Waals surface area contributed by atoms with Gasteiger partial charge in [-0.1, -0.05) is 11.6 Å². The van der Waals surface area contributed by atoms with Crippen LogP contribution in [0.2, 0.25) is 5.02 Å². The first-order chi connectivity index (χ1) is 10.5. The number of hydrogen-bond donors (Lipinski definition) is 0. The number of nitrogens with zero attached hydrogens (tertiary/aromatic N) is 3. The monoisotopic (exact) mass is 343 g/mol. The Hall–Kier alpha value is -0.690. The van der Waals surface area contributed by atoms with E-state index in [0.29, 0.717) is 30.6 Å². The summed E-state index contributed by atoms with van der Waals surface area (Å²) in [6, 6.07) is 2.50. The fourth-order valence-electron chi connectivity index (χ4n) is 3.31. The minimum absolute atomic E-state index is 0.319. The van der Waals surface area contributed by atoms with Crippen LogP contribution in [0.1, 0.15) is 18.4 Å². The van der Waals surface area contributed by atoms with Gasteiger partial charge < -0.3 is 0 Å². The molecule has 3 rings (SSSR count). The van der Waals surface area contributed by atoms with Crippen LogP contribution in [-0.4, -0.2) is 66.9 Å². The molecule has 122 valence electrons. The van der Waals surface area contributed by atoms with Crippen LogP contribution in [0.5, 0.6) is 0 Å². The Morgan fingerprint density at radius 3 is 2.50 bits per heavy atom. The summed E-state index contributed by atoms with van der Waals surface area (Å²) in [6.45, 7) is 4.33. The van der Waals surface area contributed by atoms with E-state index < -0.39 is 9.84 Å². The minimum Gasteiger partial charge on any atom is -0.299 e. The van der Waals surface area contributed by atoms with Crippen molar-refractivity contribution in [1.82, 2.24) is 14.8 Å². The van der Waals surface area contributed by atoms with Crippen LogP contribution in [0.3, 0.4) is 0 Å². The van der Waals surface area contributed by atoms with Gasteiger partial charge in [0.05, 0.1) is 16.5 Å². The van der Waals surface area contributed by atoms with Gasteiger partial charge in [0.1, 0.15) is 0 Å². The SMILES string of the molecule is O=S1(=O)CCN(C2CCN(Cc3ccncc3Cl)CC2)CC1. The lowest BCUT2D eigenvalue weighted by molar-refractivity contribution is 0.111. The van der Waals surface area contributed by atoms with Crippen LogP contribution < -0.4 is 0 Å². The highest BCUT2D eigenvalue weighted by Crippen LogP contribution is 2.22. The molecule has 0 radical (unpaired) electrons. The van der Waals surface area contributed by atoms with Crippen molar-refractivity contribution in [3.05, 3.63) is 29.0 Å². The standard InChI is InChI=1S/C15H22ClN3O2S/c16-15-11-17-4-1-13(15)12-18-5-2-14(3-6-18)19-7-9-22(20,21)10-8-19/h1,4,11,14H,2-3,5-10,12H2. The summed E-state index contributed by atoms with van der Waals surface area (Å²) in [5, 5.41) is 0.728. The predicted octanol–water partition coefficient (Wildman–Crippen LogP) is 1.43. The molecule has 3 heterocycles. The molecule has 0 amide bonds. The molecule has 7 heteroatoms. The van der Waals surface area contributed by atoms with E-state index in [-0.39, 0.29) is 0 Å². The number of pyridine rings is 1. The molecular formula is C15H22ClN3O2S. The van der Waals surface area contributed by atoms with Gasteiger partial charge in [-0.2, -0.15) is 0 Å². The van der Waals surface area contributed by atoms with E-state index in [0.717, 1.165) is 43.1 Å². The zero-order valence-corrected chi connectivity index (χ0v) is 14.2. The maximum absolute atomic E-state index is 11.5. The smallest absolute Gasteiger partial charge is 0.152 e. The van der Waals surface area contributed by atoms with E-state index >= 15 is 0 Å². The molecule has 0 spiro atoms. The topological polar surface area (TPSA) is 53.5 Å². The molecule has 5 nitrogen and oxygen atoms in total. The molecule has 22 heavy (non-hydrogen) atoms. The first-order valence-corrected chi connectivity index (χ1v) is 9.99. The first kappa shape index (κ1) is 16.2. The van der Waals surface area contributed by atoms with E-state index in [4.69, 9.17) is 11.6 Å². The van der Waals surface area contributed by atoms with Gasteiger partial charge in [0.15, 0.2) is 9.84 Å². The fraction of sp³-hybridized carbons (Fsp3) is 0.667. The number of halogens is 1. The second-order valence-electron chi connectivity index (χ2n) is 6.16. The lowest BCUT2D eigenvalue weighted by Gasteiger charge is -2.40. The van der Waals surface area contributed by atoms with E-state index in [1.165, 1.54) is 0 Å². The molecule has 1 aromatic rings. The van der Waals surface area contributed by atoms with Gasteiger partial charge in [0, 0.05) is 38.1 Å². The number of hydrogen-bond acceptors (Lipinski definition) is 5. The van der Waals surface area contributed by atoms with Crippen molar-refractivity contribution < 1.29 is 8.42 Å².